The van der Waals surface area contributed by atoms with Crippen molar-refractivity contribution in [2.24, 2.45) is 0 Å². The molecule has 1 heterocycles. The molecule has 3 aromatic rings. The van der Waals surface area contributed by atoms with Gasteiger partial charge in [0.25, 0.3) is 10.0 Å². The summed E-state index contributed by atoms with van der Waals surface area (Å²) < 4.78 is 64.6. The predicted octanol–water partition coefficient (Wildman–Crippen LogP) is 4.88. The molecule has 11 heteroatoms. The quantitative estimate of drug-likeness (QED) is 0.566. The molecule has 1 N–H and O–H groups in total. The molecule has 0 unspecified atom stereocenters. The minimum atomic E-state index is -4.75. The van der Waals surface area contributed by atoms with Crippen LogP contribution in [0.25, 0.3) is 11.3 Å². The van der Waals surface area contributed by atoms with Crippen LogP contribution in [0, 0.1) is 0 Å². The number of hydrogen-bond acceptors (Lipinski definition) is 4. The van der Waals surface area contributed by atoms with Crippen molar-refractivity contribution in [3.05, 3.63) is 65.3 Å². The summed E-state index contributed by atoms with van der Waals surface area (Å²) in [5.41, 5.74) is -1.05. The average Bonchev–Trinajstić information content (AvgIpc) is 3.06. The molecular weight excluding hydrogens is 435 g/mol. The molecule has 0 aliphatic heterocycles. The molecule has 1 aromatic heterocycles. The van der Waals surface area contributed by atoms with E-state index in [0.717, 1.165) is 11.0 Å². The molecule has 0 bridgehead atoms. The Bertz CT molecular complexity index is 1100. The molecule has 0 aliphatic rings. The topological polar surface area (TPSA) is 64.0 Å². The third kappa shape index (κ3) is 4.29. The number of sulfonamides is 1. The molecular formula is C17H13ClF3N3O2S2. The van der Waals surface area contributed by atoms with Gasteiger partial charge in [0.2, 0.25) is 0 Å². The van der Waals surface area contributed by atoms with Crippen LogP contribution in [0.15, 0.2) is 64.4 Å². The molecule has 0 atom stereocenters. The smallest absolute Gasteiger partial charge is 0.200 e. The van der Waals surface area contributed by atoms with Gasteiger partial charge in [0, 0.05) is 10.5 Å². The predicted molar refractivity (Wildman–Crippen MR) is 102 cm³/mol. The largest absolute Gasteiger partial charge is 0.435 e. The second-order valence-electron chi connectivity index (χ2n) is 5.58. The lowest BCUT2D eigenvalue weighted by Gasteiger charge is -2.12. The maximum Gasteiger partial charge on any atom is 0.435 e. The van der Waals surface area contributed by atoms with E-state index in [2.05, 4.69) is 9.93 Å². The molecule has 0 amide bonds. The first kappa shape index (κ1) is 20.6. The van der Waals surface area contributed by atoms with Gasteiger partial charge in [0.1, 0.15) is 0 Å². The summed E-state index contributed by atoms with van der Waals surface area (Å²) in [5.74, 6) is 0. The van der Waals surface area contributed by atoms with Crippen molar-refractivity contribution in [3.63, 3.8) is 0 Å². The molecule has 0 aliphatic carbocycles. The van der Waals surface area contributed by atoms with Gasteiger partial charge in [-0.3, -0.25) is 0 Å². The molecule has 28 heavy (non-hydrogen) atoms. The minimum Gasteiger partial charge on any atom is -0.200 e. The Morgan fingerprint density at radius 2 is 1.79 bits per heavy atom. The van der Waals surface area contributed by atoms with Gasteiger partial charge in [0.15, 0.2) is 5.69 Å². The van der Waals surface area contributed by atoms with Crippen molar-refractivity contribution in [2.75, 3.05) is 11.1 Å². The van der Waals surface area contributed by atoms with Crippen molar-refractivity contribution in [3.8, 4) is 11.3 Å². The highest BCUT2D eigenvalue weighted by molar-refractivity contribution is 7.98. The zero-order valence-electron chi connectivity index (χ0n) is 14.2. The first-order valence-corrected chi connectivity index (χ1v) is 10.8. The second kappa shape index (κ2) is 7.69. The Hall–Kier alpha value is -2.17. The van der Waals surface area contributed by atoms with Crippen molar-refractivity contribution < 1.29 is 21.6 Å². The first-order valence-electron chi connectivity index (χ1n) is 7.71. The van der Waals surface area contributed by atoms with Crippen LogP contribution in [0.2, 0.25) is 5.02 Å². The van der Waals surface area contributed by atoms with Crippen molar-refractivity contribution in [2.45, 2.75) is 16.0 Å². The van der Waals surface area contributed by atoms with E-state index < -0.39 is 21.9 Å². The van der Waals surface area contributed by atoms with Crippen LogP contribution in [0.1, 0.15) is 5.69 Å². The fraction of sp³-hybridized carbons (Fsp3) is 0.118. The van der Waals surface area contributed by atoms with E-state index in [1.165, 1.54) is 42.1 Å². The number of aromatic nitrogens is 2. The molecule has 0 saturated heterocycles. The van der Waals surface area contributed by atoms with E-state index in [1.54, 1.807) is 24.5 Å². The van der Waals surface area contributed by atoms with Crippen LogP contribution in [0.3, 0.4) is 0 Å². The molecule has 2 aromatic carbocycles. The lowest BCUT2D eigenvalue weighted by Crippen LogP contribution is -2.25. The van der Waals surface area contributed by atoms with E-state index in [4.69, 9.17) is 11.6 Å². The Balaban J connectivity index is 2.10. The van der Waals surface area contributed by atoms with Crippen LogP contribution < -0.4 is 4.83 Å². The summed E-state index contributed by atoms with van der Waals surface area (Å²) >= 11 is 7.52. The fourth-order valence-electron chi connectivity index (χ4n) is 2.39. The lowest BCUT2D eigenvalue weighted by molar-refractivity contribution is -0.141. The number of benzene rings is 2. The van der Waals surface area contributed by atoms with Crippen molar-refractivity contribution in [1.82, 2.24) is 9.89 Å². The third-order valence-electron chi connectivity index (χ3n) is 3.71. The molecule has 0 spiro atoms. The van der Waals surface area contributed by atoms with Crippen LogP contribution in [-0.2, 0) is 16.2 Å². The van der Waals surface area contributed by atoms with Crippen LogP contribution in [-0.4, -0.2) is 24.6 Å². The Morgan fingerprint density at radius 1 is 1.11 bits per heavy atom. The molecule has 3 rings (SSSR count). The Morgan fingerprint density at radius 3 is 2.36 bits per heavy atom. The molecule has 0 radical (unpaired) electrons. The molecule has 0 saturated carbocycles. The van der Waals surface area contributed by atoms with E-state index in [9.17, 15) is 21.6 Å². The molecule has 0 fully saturated rings. The zero-order valence-corrected chi connectivity index (χ0v) is 16.6. The fourth-order valence-corrected chi connectivity index (χ4v) is 4.24. The first-order chi connectivity index (χ1) is 13.1. The third-order valence-corrected chi connectivity index (χ3v) is 6.23. The Labute approximate surface area is 168 Å². The standard InChI is InChI=1S/C17H13ClF3N3O2S2/c1-27-15-8-7-11(9-13(15)18)14-10-16(17(19,20)21)22-24(14)23-28(25,26)12-5-3-2-4-6-12/h2-10,23H,1H3. The SMILES string of the molecule is CSc1ccc(-c2cc(C(F)(F)F)nn2NS(=O)(=O)c2ccccc2)cc1Cl. The van der Waals surface area contributed by atoms with Crippen molar-refractivity contribution in [1.29, 1.82) is 0 Å². The van der Waals surface area contributed by atoms with E-state index in [-0.39, 0.29) is 16.2 Å². The number of halogens is 4. The van der Waals surface area contributed by atoms with Gasteiger partial charge < -0.3 is 0 Å². The summed E-state index contributed by atoms with van der Waals surface area (Å²) in [5, 5.41) is 3.72. The number of rotatable bonds is 5. The molecule has 5 nitrogen and oxygen atoms in total. The maximum absolute atomic E-state index is 13.2. The number of nitrogens with one attached hydrogen (secondary N) is 1. The summed E-state index contributed by atoms with van der Waals surface area (Å²) in [6, 6.07) is 12.7. The van der Waals surface area contributed by atoms with Gasteiger partial charge in [-0.05, 0) is 36.6 Å². The second-order valence-corrected chi connectivity index (χ2v) is 8.50. The summed E-state index contributed by atoms with van der Waals surface area (Å²) in [4.78, 5) is 3.29. The number of thioether (sulfide) groups is 1. The zero-order chi connectivity index (χ0) is 20.5. The van der Waals surface area contributed by atoms with Gasteiger partial charge in [-0.15, -0.1) is 16.9 Å². The van der Waals surface area contributed by atoms with Crippen LogP contribution in [0.4, 0.5) is 13.2 Å². The van der Waals surface area contributed by atoms with Crippen LogP contribution in [0.5, 0.6) is 0 Å². The van der Waals surface area contributed by atoms with Gasteiger partial charge >= 0.3 is 6.18 Å². The highest BCUT2D eigenvalue weighted by Gasteiger charge is 2.35. The van der Waals surface area contributed by atoms with Gasteiger partial charge in [-0.1, -0.05) is 35.9 Å². The average molecular weight is 448 g/mol. The summed E-state index contributed by atoms with van der Waals surface area (Å²) in [6.07, 6.45) is -2.94. The highest BCUT2D eigenvalue weighted by Crippen LogP contribution is 2.34. The highest BCUT2D eigenvalue weighted by atomic mass is 35.5. The van der Waals surface area contributed by atoms with Gasteiger partial charge in [0.05, 0.1) is 15.6 Å². The normalized spacial score (nSPS) is 12.2. The monoisotopic (exact) mass is 447 g/mol. The van der Waals surface area contributed by atoms with Gasteiger partial charge in [-0.25, -0.2) is 0 Å². The van der Waals surface area contributed by atoms with E-state index in [0.29, 0.717) is 9.81 Å². The maximum atomic E-state index is 13.2. The van der Waals surface area contributed by atoms with Gasteiger partial charge in [-0.2, -0.15) is 31.2 Å². The Kier molecular flexibility index (Phi) is 5.64. The molecule has 148 valence electrons. The summed E-state index contributed by atoms with van der Waals surface area (Å²) in [6.45, 7) is 0. The van der Waals surface area contributed by atoms with Crippen molar-refractivity contribution >= 4 is 33.4 Å². The van der Waals surface area contributed by atoms with E-state index >= 15 is 0 Å². The number of alkyl halides is 3. The lowest BCUT2D eigenvalue weighted by atomic mass is 10.1. The minimum absolute atomic E-state index is 0.0959. The van der Waals surface area contributed by atoms with Crippen LogP contribution >= 0.6 is 23.4 Å². The number of nitrogens with zero attached hydrogens (tertiary/aromatic N) is 2. The van der Waals surface area contributed by atoms with E-state index in [1.807, 2.05) is 0 Å². The number of hydrogen-bond donors (Lipinski definition) is 1. The summed E-state index contributed by atoms with van der Waals surface area (Å²) in [7, 11) is -4.15.